The molecule has 0 aliphatic carbocycles. The van der Waals surface area contributed by atoms with Crippen LogP contribution < -0.4 is 5.32 Å². The molecule has 0 aromatic heterocycles. The van der Waals surface area contributed by atoms with Gasteiger partial charge in [-0.15, -0.1) is 0 Å². The Morgan fingerprint density at radius 2 is 1.94 bits per heavy atom. The molecule has 0 aromatic carbocycles. The smallest absolute Gasteiger partial charge is 0.265 e. The van der Waals surface area contributed by atoms with Crippen LogP contribution in [0.5, 0.6) is 0 Å². The van der Waals surface area contributed by atoms with Crippen LogP contribution in [0.2, 0.25) is 0 Å². The van der Waals surface area contributed by atoms with Gasteiger partial charge in [0.2, 0.25) is 5.91 Å². The van der Waals surface area contributed by atoms with Crippen molar-refractivity contribution in [2.45, 2.75) is 45.5 Å². The van der Waals surface area contributed by atoms with Crippen LogP contribution in [-0.2, 0) is 9.53 Å². The van der Waals surface area contributed by atoms with E-state index in [1.54, 1.807) is 6.92 Å². The zero-order valence-corrected chi connectivity index (χ0v) is 10.2. The topological polar surface area (TPSA) is 58.6 Å². The summed E-state index contributed by atoms with van der Waals surface area (Å²) in [6, 6.07) is 0. The number of aliphatic hydroxyl groups excluding tert-OH is 1. The lowest BCUT2D eigenvalue weighted by molar-refractivity contribution is -0.128. The first-order valence-corrected chi connectivity index (χ1v) is 5.74. The molecule has 100 valence electrons. The molecule has 0 spiro atoms. The fourth-order valence-corrected chi connectivity index (χ4v) is 2.13. The first kappa shape index (κ1) is 14.3. The van der Waals surface area contributed by atoms with Crippen molar-refractivity contribution >= 4 is 5.91 Å². The predicted molar refractivity (Wildman–Crippen MR) is 57.7 cm³/mol. The van der Waals surface area contributed by atoms with Gasteiger partial charge in [-0.3, -0.25) is 4.79 Å². The van der Waals surface area contributed by atoms with Crippen LogP contribution in [0.1, 0.15) is 20.8 Å². The van der Waals surface area contributed by atoms with Crippen molar-refractivity contribution in [1.82, 2.24) is 5.32 Å². The van der Waals surface area contributed by atoms with Crippen molar-refractivity contribution in [2.24, 2.45) is 11.8 Å². The van der Waals surface area contributed by atoms with Gasteiger partial charge < -0.3 is 15.2 Å². The minimum Gasteiger partial charge on any atom is -0.385 e. The van der Waals surface area contributed by atoms with E-state index in [1.807, 2.05) is 13.8 Å². The van der Waals surface area contributed by atoms with Gasteiger partial charge >= 0.3 is 0 Å². The highest BCUT2D eigenvalue weighted by molar-refractivity contribution is 5.79. The maximum absolute atomic E-state index is 12.0. The third kappa shape index (κ3) is 3.35. The van der Waals surface area contributed by atoms with Crippen LogP contribution in [0.3, 0.4) is 0 Å². The average molecular weight is 251 g/mol. The van der Waals surface area contributed by atoms with E-state index in [9.17, 15) is 13.6 Å². The number of nitrogens with one attached hydrogen (secondary N) is 1. The molecule has 1 amide bonds. The number of hydrogen-bond donors (Lipinski definition) is 2. The van der Waals surface area contributed by atoms with Gasteiger partial charge in [0.15, 0.2) is 0 Å². The Bertz CT molecular complexity index is 275. The molecule has 1 aliphatic rings. The van der Waals surface area contributed by atoms with E-state index in [2.05, 4.69) is 5.32 Å². The van der Waals surface area contributed by atoms with E-state index in [1.165, 1.54) is 0 Å². The van der Waals surface area contributed by atoms with Crippen LogP contribution in [0.15, 0.2) is 0 Å². The second-order valence-corrected chi connectivity index (χ2v) is 4.58. The molecule has 1 fully saturated rings. The number of aliphatic hydroxyl groups is 1. The average Bonchev–Trinajstić information content (AvgIpc) is 2.49. The van der Waals surface area contributed by atoms with Crippen LogP contribution in [-0.4, -0.2) is 42.3 Å². The third-order valence-corrected chi connectivity index (χ3v) is 3.32. The minimum absolute atomic E-state index is 0.0271. The number of carbonyl (C=O) groups is 1. The Kier molecular flexibility index (Phi) is 4.82. The summed E-state index contributed by atoms with van der Waals surface area (Å²) < 4.78 is 29.6. The molecule has 5 unspecified atom stereocenters. The molecule has 1 saturated heterocycles. The van der Waals surface area contributed by atoms with E-state index in [4.69, 9.17) is 9.84 Å². The Morgan fingerprint density at radius 3 is 2.35 bits per heavy atom. The predicted octanol–water partition coefficient (Wildman–Crippen LogP) is 0.788. The molecular weight excluding hydrogens is 232 g/mol. The van der Waals surface area contributed by atoms with Crippen molar-refractivity contribution in [2.75, 3.05) is 6.54 Å². The first-order chi connectivity index (χ1) is 7.84. The maximum atomic E-state index is 12.0. The van der Waals surface area contributed by atoms with Gasteiger partial charge in [-0.2, -0.15) is 0 Å². The number of rotatable bonds is 4. The summed E-state index contributed by atoms with van der Waals surface area (Å²) in [6.45, 7) is 5.12. The minimum atomic E-state index is -2.84. The Hall–Kier alpha value is -0.750. The van der Waals surface area contributed by atoms with E-state index in [0.29, 0.717) is 0 Å². The van der Waals surface area contributed by atoms with Gasteiger partial charge in [-0.25, -0.2) is 8.78 Å². The number of carbonyl (C=O) groups excluding carboxylic acids is 1. The van der Waals surface area contributed by atoms with E-state index >= 15 is 0 Å². The summed E-state index contributed by atoms with van der Waals surface area (Å²) >= 11 is 0. The van der Waals surface area contributed by atoms with E-state index in [0.717, 1.165) is 0 Å². The second kappa shape index (κ2) is 5.73. The zero-order valence-electron chi connectivity index (χ0n) is 10.2. The molecule has 0 radical (unpaired) electrons. The van der Waals surface area contributed by atoms with E-state index < -0.39 is 19.1 Å². The number of alkyl halides is 2. The summed E-state index contributed by atoms with van der Waals surface area (Å²) in [5.74, 6) is -0.655. The standard InChI is InChI=1S/C11H19F2NO3/c1-5-6(2)17-7(3)9(5)11(16)14-4-8(15)10(12)13/h5-10,15H,4H2,1-3H3,(H,14,16). The van der Waals surface area contributed by atoms with Crippen molar-refractivity contribution in [3.8, 4) is 0 Å². The SMILES string of the molecule is CC1OC(C)C(C(=O)NCC(O)C(F)F)C1C. The lowest BCUT2D eigenvalue weighted by Crippen LogP contribution is -2.42. The Labute approximate surface area is 99.3 Å². The van der Waals surface area contributed by atoms with Crippen molar-refractivity contribution in [3.63, 3.8) is 0 Å². The van der Waals surface area contributed by atoms with Crippen molar-refractivity contribution in [3.05, 3.63) is 0 Å². The second-order valence-electron chi connectivity index (χ2n) is 4.58. The van der Waals surface area contributed by atoms with Gasteiger partial charge in [-0.05, 0) is 19.8 Å². The van der Waals surface area contributed by atoms with Gasteiger partial charge in [0, 0.05) is 6.54 Å². The molecule has 4 nitrogen and oxygen atoms in total. The number of ether oxygens (including phenoxy) is 1. The normalized spacial score (nSPS) is 35.0. The highest BCUT2D eigenvalue weighted by atomic mass is 19.3. The van der Waals surface area contributed by atoms with Gasteiger partial charge in [0.25, 0.3) is 6.43 Å². The highest BCUT2D eigenvalue weighted by Crippen LogP contribution is 2.32. The molecule has 0 bridgehead atoms. The maximum Gasteiger partial charge on any atom is 0.265 e. The summed E-state index contributed by atoms with van der Waals surface area (Å²) in [5, 5.41) is 11.2. The molecule has 1 heterocycles. The Morgan fingerprint density at radius 1 is 1.35 bits per heavy atom. The molecule has 1 aliphatic heterocycles. The lowest BCUT2D eigenvalue weighted by Gasteiger charge is -2.19. The largest absolute Gasteiger partial charge is 0.385 e. The van der Waals surface area contributed by atoms with Gasteiger partial charge in [0.05, 0.1) is 18.1 Å². The molecular formula is C11H19F2NO3. The van der Waals surface area contributed by atoms with Crippen LogP contribution in [0.25, 0.3) is 0 Å². The molecule has 0 aromatic rings. The van der Waals surface area contributed by atoms with Crippen molar-refractivity contribution in [1.29, 1.82) is 0 Å². The number of amides is 1. The van der Waals surface area contributed by atoms with Crippen LogP contribution >= 0.6 is 0 Å². The summed E-state index contributed by atoms with van der Waals surface area (Å²) in [4.78, 5) is 11.8. The van der Waals surface area contributed by atoms with Crippen molar-refractivity contribution < 1.29 is 23.4 Å². The molecule has 17 heavy (non-hydrogen) atoms. The monoisotopic (exact) mass is 251 g/mol. The van der Waals surface area contributed by atoms with Crippen LogP contribution in [0.4, 0.5) is 8.78 Å². The molecule has 2 N–H and O–H groups in total. The number of halogens is 2. The van der Waals surface area contributed by atoms with Gasteiger partial charge in [-0.1, -0.05) is 6.92 Å². The lowest BCUT2D eigenvalue weighted by atomic mass is 9.89. The molecule has 1 rings (SSSR count). The third-order valence-electron chi connectivity index (χ3n) is 3.32. The summed E-state index contributed by atoms with van der Waals surface area (Å²) in [5.41, 5.74) is 0. The number of hydrogen-bond acceptors (Lipinski definition) is 3. The zero-order chi connectivity index (χ0) is 13.2. The highest BCUT2D eigenvalue weighted by Gasteiger charge is 2.41. The summed E-state index contributed by atoms with van der Waals surface area (Å²) in [7, 11) is 0. The fourth-order valence-electron chi connectivity index (χ4n) is 2.13. The quantitative estimate of drug-likeness (QED) is 0.776. The van der Waals surface area contributed by atoms with E-state index in [-0.39, 0.29) is 30.0 Å². The summed E-state index contributed by atoms with van der Waals surface area (Å²) in [6.07, 6.45) is -4.92. The fraction of sp³-hybridized carbons (Fsp3) is 0.909. The molecule has 0 saturated carbocycles. The Balaban J connectivity index is 2.48. The first-order valence-electron chi connectivity index (χ1n) is 5.74. The van der Waals surface area contributed by atoms with Gasteiger partial charge in [0.1, 0.15) is 6.10 Å². The molecule has 6 heteroatoms. The molecule has 5 atom stereocenters. The van der Waals surface area contributed by atoms with Crippen LogP contribution in [0, 0.1) is 11.8 Å².